The van der Waals surface area contributed by atoms with Gasteiger partial charge >= 0.3 is 0 Å². The smallest absolute Gasteiger partial charge is 0.164 e. The van der Waals surface area contributed by atoms with Crippen molar-refractivity contribution in [1.29, 1.82) is 0 Å². The van der Waals surface area contributed by atoms with E-state index >= 15 is 0 Å². The summed E-state index contributed by atoms with van der Waals surface area (Å²) < 4.78 is 2.59. The fourth-order valence-corrected chi connectivity index (χ4v) is 12.2. The molecule has 2 heterocycles. The zero-order valence-electron chi connectivity index (χ0n) is 36.0. The first-order valence-corrected chi connectivity index (χ1v) is 23.2. The first-order valence-electron chi connectivity index (χ1n) is 22.4. The van der Waals surface area contributed by atoms with Crippen molar-refractivity contribution < 1.29 is 0 Å². The van der Waals surface area contributed by atoms with Gasteiger partial charge in [-0.15, -0.1) is 11.3 Å². The first kappa shape index (κ1) is 37.7. The summed E-state index contributed by atoms with van der Waals surface area (Å²) in [5, 5.41) is 2.60. The van der Waals surface area contributed by atoms with E-state index in [1.165, 1.54) is 75.8 Å². The number of fused-ring (bicyclic) bond motifs is 12. The highest BCUT2D eigenvalue weighted by Gasteiger charge is 2.54. The highest BCUT2D eigenvalue weighted by molar-refractivity contribution is 7.25. The van der Waals surface area contributed by atoms with Gasteiger partial charge < -0.3 is 0 Å². The van der Waals surface area contributed by atoms with Crippen molar-refractivity contribution in [2.75, 3.05) is 0 Å². The second-order valence-corrected chi connectivity index (χ2v) is 18.9. The zero-order chi connectivity index (χ0) is 43.3. The van der Waals surface area contributed by atoms with Crippen LogP contribution in [0.2, 0.25) is 0 Å². The number of benzene rings is 9. The minimum Gasteiger partial charge on any atom is -0.208 e. The molecule has 65 heavy (non-hydrogen) atoms. The number of nitrogens with zero attached hydrogens (tertiary/aromatic N) is 3. The third-order valence-electron chi connectivity index (χ3n) is 14.0. The number of rotatable bonds is 5. The van der Waals surface area contributed by atoms with E-state index in [-0.39, 0.29) is 5.41 Å². The van der Waals surface area contributed by atoms with Crippen molar-refractivity contribution in [1.82, 2.24) is 15.0 Å². The number of aromatic nitrogens is 3. The number of thiophene rings is 1. The van der Waals surface area contributed by atoms with Crippen LogP contribution in [0.5, 0.6) is 0 Å². The third-order valence-corrected chi connectivity index (χ3v) is 15.2. The Balaban J connectivity index is 1.10. The Morgan fingerprint density at radius 3 is 1.54 bits per heavy atom. The van der Waals surface area contributed by atoms with Crippen LogP contribution in [-0.4, -0.2) is 15.0 Å². The maximum atomic E-state index is 5.43. The molecule has 2 aliphatic rings. The molecule has 11 aromatic rings. The molecule has 0 saturated carbocycles. The molecule has 0 N–H and O–H groups in total. The minimum atomic E-state index is -0.589. The Morgan fingerprint density at radius 2 is 0.831 bits per heavy atom. The lowest BCUT2D eigenvalue weighted by Crippen LogP contribution is -2.40. The maximum Gasteiger partial charge on any atom is 0.164 e. The summed E-state index contributed by atoms with van der Waals surface area (Å²) in [6, 6.07) is 77.3. The Kier molecular flexibility index (Phi) is 8.34. The zero-order valence-corrected chi connectivity index (χ0v) is 36.8. The highest BCUT2D eigenvalue weighted by atomic mass is 32.1. The Morgan fingerprint density at radius 1 is 0.338 bits per heavy atom. The van der Waals surface area contributed by atoms with Gasteiger partial charge in [-0.3, -0.25) is 0 Å². The van der Waals surface area contributed by atoms with Crippen molar-refractivity contribution in [3.8, 4) is 67.5 Å². The average molecular weight is 848 g/mol. The lowest BCUT2D eigenvalue weighted by atomic mass is 9.55. The number of hydrogen-bond donors (Lipinski definition) is 0. The summed E-state index contributed by atoms with van der Waals surface area (Å²) in [4.78, 5) is 16.0. The van der Waals surface area contributed by atoms with Crippen LogP contribution in [0.3, 0.4) is 0 Å². The standard InChI is InChI=1S/C61H41N3S/c1-60(2)48-24-10-12-26-50(48)61(51-27-13-11-25-49(51)60)47-36-35-42(43-22-16-30-54-56(43)44-21-9-14-29-53(44)65-54)37-46(47)55-45(23-15-28-52(55)61)59-63-57(40-19-7-4-8-20-40)62-58(64-59)41-33-31-39(32-34-41)38-17-5-3-6-18-38/h3-37H,1-2H3. The summed E-state index contributed by atoms with van der Waals surface area (Å²) in [6.07, 6.45) is 0. The third kappa shape index (κ3) is 5.57. The summed E-state index contributed by atoms with van der Waals surface area (Å²) in [6.45, 7) is 4.76. The summed E-state index contributed by atoms with van der Waals surface area (Å²) in [5.41, 5.74) is 17.0. The molecule has 4 heteroatoms. The normalized spacial score (nSPS) is 13.9. The van der Waals surface area contributed by atoms with E-state index in [9.17, 15) is 0 Å². The van der Waals surface area contributed by atoms with Crippen molar-refractivity contribution in [3.05, 3.63) is 246 Å². The lowest BCUT2D eigenvalue weighted by molar-refractivity contribution is 0.563. The van der Waals surface area contributed by atoms with Crippen LogP contribution < -0.4 is 0 Å². The monoisotopic (exact) mass is 847 g/mol. The van der Waals surface area contributed by atoms with E-state index < -0.39 is 5.41 Å². The van der Waals surface area contributed by atoms with Crippen molar-refractivity contribution in [3.63, 3.8) is 0 Å². The summed E-state index contributed by atoms with van der Waals surface area (Å²) in [7, 11) is 0. The van der Waals surface area contributed by atoms with Gasteiger partial charge in [-0.1, -0.05) is 208 Å². The van der Waals surface area contributed by atoms with Gasteiger partial charge in [-0.25, -0.2) is 15.0 Å². The van der Waals surface area contributed by atoms with Crippen LogP contribution in [0.1, 0.15) is 47.2 Å². The molecular weight excluding hydrogens is 807 g/mol. The van der Waals surface area contributed by atoms with Gasteiger partial charge in [-0.05, 0) is 85.0 Å². The summed E-state index contributed by atoms with van der Waals surface area (Å²) in [5.74, 6) is 1.93. The van der Waals surface area contributed by atoms with E-state index in [0.717, 1.165) is 27.8 Å². The fraction of sp³-hybridized carbons (Fsp3) is 0.0656. The van der Waals surface area contributed by atoms with Gasteiger partial charge in [0, 0.05) is 42.3 Å². The maximum absolute atomic E-state index is 5.43. The lowest BCUT2D eigenvalue weighted by Gasteiger charge is -2.46. The van der Waals surface area contributed by atoms with Crippen molar-refractivity contribution >= 4 is 31.5 Å². The minimum absolute atomic E-state index is 0.210. The van der Waals surface area contributed by atoms with E-state index in [1.807, 2.05) is 29.5 Å². The van der Waals surface area contributed by atoms with E-state index in [4.69, 9.17) is 15.0 Å². The van der Waals surface area contributed by atoms with Crippen LogP contribution in [0.15, 0.2) is 212 Å². The van der Waals surface area contributed by atoms with Crippen molar-refractivity contribution in [2.45, 2.75) is 24.7 Å². The second-order valence-electron chi connectivity index (χ2n) is 17.8. The molecule has 0 unspecified atom stereocenters. The predicted molar refractivity (Wildman–Crippen MR) is 269 cm³/mol. The number of hydrogen-bond acceptors (Lipinski definition) is 4. The SMILES string of the molecule is CC1(C)c2ccccc2C2(c3ccc(-c4cccc5sc6ccccc6c45)cc3-c3c(-c4nc(-c5ccccc5)nc(-c5ccc(-c6ccccc6)cc5)n4)cccc32)c2ccccc21. The molecule has 306 valence electrons. The molecule has 0 bridgehead atoms. The highest BCUT2D eigenvalue weighted by Crippen LogP contribution is 2.63. The topological polar surface area (TPSA) is 38.7 Å². The largest absolute Gasteiger partial charge is 0.208 e. The summed E-state index contributed by atoms with van der Waals surface area (Å²) >= 11 is 1.86. The Labute approximate surface area is 382 Å². The first-order chi connectivity index (χ1) is 32.0. The molecule has 0 atom stereocenters. The van der Waals surface area contributed by atoms with Gasteiger partial charge in [-0.2, -0.15) is 0 Å². The average Bonchev–Trinajstić information content (AvgIpc) is 3.90. The fourth-order valence-electron chi connectivity index (χ4n) is 11.1. The van der Waals surface area contributed by atoms with Gasteiger partial charge in [0.2, 0.25) is 0 Å². The molecule has 0 fully saturated rings. The van der Waals surface area contributed by atoms with E-state index in [0.29, 0.717) is 17.5 Å². The Bertz CT molecular complexity index is 3630. The van der Waals surface area contributed by atoms with E-state index in [1.54, 1.807) is 0 Å². The van der Waals surface area contributed by atoms with Crippen LogP contribution in [0.25, 0.3) is 87.7 Å². The molecule has 0 amide bonds. The van der Waals surface area contributed by atoms with Gasteiger partial charge in [0.25, 0.3) is 0 Å². The molecule has 9 aromatic carbocycles. The van der Waals surface area contributed by atoms with Crippen LogP contribution in [0, 0.1) is 0 Å². The molecule has 13 rings (SSSR count). The molecule has 0 radical (unpaired) electrons. The molecular formula is C61H41N3S. The molecule has 1 spiro atoms. The molecule has 3 nitrogen and oxygen atoms in total. The van der Waals surface area contributed by atoms with Crippen LogP contribution in [-0.2, 0) is 10.8 Å². The molecule has 0 saturated heterocycles. The van der Waals surface area contributed by atoms with E-state index in [2.05, 4.69) is 208 Å². The van der Waals surface area contributed by atoms with Crippen molar-refractivity contribution in [2.24, 2.45) is 0 Å². The molecule has 2 aromatic heterocycles. The molecule has 2 aliphatic carbocycles. The van der Waals surface area contributed by atoms with Gasteiger partial charge in [0.15, 0.2) is 17.5 Å². The van der Waals surface area contributed by atoms with Crippen LogP contribution in [0.4, 0.5) is 0 Å². The van der Waals surface area contributed by atoms with Crippen LogP contribution >= 0.6 is 11.3 Å². The van der Waals surface area contributed by atoms with Gasteiger partial charge in [0.1, 0.15) is 0 Å². The molecule has 0 aliphatic heterocycles. The predicted octanol–water partition coefficient (Wildman–Crippen LogP) is 15.6. The Hall–Kier alpha value is -7.79. The second kappa shape index (κ2) is 14.4. The van der Waals surface area contributed by atoms with Gasteiger partial charge in [0.05, 0.1) is 5.41 Å². The quantitative estimate of drug-likeness (QED) is 0.173.